The third-order valence-corrected chi connectivity index (χ3v) is 3.94. The fraction of sp³-hybridized carbons (Fsp3) is 1.00. The Balaban J connectivity index is 2.32. The summed E-state index contributed by atoms with van der Waals surface area (Å²) in [5, 5.41) is 18.7. The lowest BCUT2D eigenvalue weighted by atomic mass is 9.77. The summed E-state index contributed by atoms with van der Waals surface area (Å²) < 4.78 is 5.91. The first-order valence-corrected chi connectivity index (χ1v) is 6.89. The highest BCUT2D eigenvalue weighted by Gasteiger charge is 2.30. The first kappa shape index (κ1) is 14.9. The highest BCUT2D eigenvalue weighted by molar-refractivity contribution is 4.80. The molecule has 0 radical (unpaired) electrons. The van der Waals surface area contributed by atoms with Crippen molar-refractivity contribution >= 4 is 0 Å². The van der Waals surface area contributed by atoms with Crippen LogP contribution in [-0.2, 0) is 4.74 Å². The zero-order valence-corrected chi connectivity index (χ0v) is 11.5. The van der Waals surface area contributed by atoms with Crippen LogP contribution < -0.4 is 0 Å². The summed E-state index contributed by atoms with van der Waals surface area (Å²) >= 11 is 0. The quantitative estimate of drug-likeness (QED) is 0.754. The van der Waals surface area contributed by atoms with Gasteiger partial charge in [0.05, 0.1) is 11.7 Å². The molecule has 0 bridgehead atoms. The molecule has 0 heterocycles. The molecule has 0 amide bonds. The molecule has 0 spiro atoms. The van der Waals surface area contributed by atoms with Gasteiger partial charge in [-0.3, -0.25) is 0 Å². The summed E-state index contributed by atoms with van der Waals surface area (Å²) in [6, 6.07) is 0. The topological polar surface area (TPSA) is 49.7 Å². The number of hydrogen-bond acceptors (Lipinski definition) is 3. The van der Waals surface area contributed by atoms with Crippen molar-refractivity contribution in [1.82, 2.24) is 0 Å². The Morgan fingerprint density at radius 1 is 1.29 bits per heavy atom. The molecule has 1 saturated carbocycles. The fourth-order valence-electron chi connectivity index (χ4n) is 2.68. The van der Waals surface area contributed by atoms with Gasteiger partial charge in [0.1, 0.15) is 0 Å². The van der Waals surface area contributed by atoms with Crippen LogP contribution in [0, 0.1) is 11.8 Å². The second kappa shape index (κ2) is 6.72. The summed E-state index contributed by atoms with van der Waals surface area (Å²) in [6.07, 6.45) is 5.42. The Hall–Kier alpha value is -0.120. The van der Waals surface area contributed by atoms with Gasteiger partial charge in [0.15, 0.2) is 0 Å². The molecule has 1 rings (SSSR count). The van der Waals surface area contributed by atoms with E-state index in [9.17, 15) is 5.11 Å². The van der Waals surface area contributed by atoms with Gasteiger partial charge in [0.25, 0.3) is 0 Å². The van der Waals surface area contributed by atoms with Crippen molar-refractivity contribution in [2.45, 2.75) is 64.6 Å². The molecule has 0 saturated heterocycles. The lowest BCUT2D eigenvalue weighted by Crippen LogP contribution is -2.34. The number of ether oxygens (including phenoxy) is 1. The van der Waals surface area contributed by atoms with Gasteiger partial charge < -0.3 is 14.9 Å². The van der Waals surface area contributed by atoms with E-state index in [1.807, 2.05) is 13.8 Å². The smallest absolute Gasteiger partial charge is 0.0613 e. The van der Waals surface area contributed by atoms with Crippen LogP contribution in [0.25, 0.3) is 0 Å². The SMILES string of the molecule is C[C@H]1[C@H](CCO)CCC[C@@H]1OCCC(C)(C)O. The molecular formula is C14H28O3. The van der Waals surface area contributed by atoms with E-state index >= 15 is 0 Å². The van der Waals surface area contributed by atoms with Crippen molar-refractivity contribution < 1.29 is 14.9 Å². The molecule has 0 aromatic rings. The number of aliphatic hydroxyl groups is 2. The molecule has 0 aliphatic heterocycles. The molecule has 0 aromatic carbocycles. The summed E-state index contributed by atoms with van der Waals surface area (Å²) in [7, 11) is 0. The average molecular weight is 244 g/mol. The number of rotatable bonds is 6. The maximum absolute atomic E-state index is 9.64. The lowest BCUT2D eigenvalue weighted by Gasteiger charge is -2.36. The van der Waals surface area contributed by atoms with Gasteiger partial charge in [-0.2, -0.15) is 0 Å². The third kappa shape index (κ3) is 5.36. The maximum atomic E-state index is 9.64. The Kier molecular flexibility index (Phi) is 5.90. The second-order valence-corrected chi connectivity index (χ2v) is 6.03. The van der Waals surface area contributed by atoms with Gasteiger partial charge >= 0.3 is 0 Å². The molecule has 3 heteroatoms. The highest BCUT2D eigenvalue weighted by Crippen LogP contribution is 2.34. The van der Waals surface area contributed by atoms with Gasteiger partial charge in [-0.1, -0.05) is 13.3 Å². The molecule has 0 aromatic heterocycles. The van der Waals surface area contributed by atoms with E-state index in [2.05, 4.69) is 6.92 Å². The van der Waals surface area contributed by atoms with Crippen LogP contribution >= 0.6 is 0 Å². The summed E-state index contributed by atoms with van der Waals surface area (Å²) in [4.78, 5) is 0. The Morgan fingerprint density at radius 2 is 2.00 bits per heavy atom. The molecule has 1 aliphatic rings. The Labute approximate surface area is 105 Å². The van der Waals surface area contributed by atoms with Crippen LogP contribution in [0.15, 0.2) is 0 Å². The molecule has 102 valence electrons. The molecule has 1 fully saturated rings. The monoisotopic (exact) mass is 244 g/mol. The number of hydrogen-bond donors (Lipinski definition) is 2. The summed E-state index contributed by atoms with van der Waals surface area (Å²) in [5.74, 6) is 1.12. The van der Waals surface area contributed by atoms with E-state index < -0.39 is 5.60 Å². The molecule has 3 atom stereocenters. The standard InChI is InChI=1S/C14H28O3/c1-11-12(7-9-15)5-4-6-13(11)17-10-8-14(2,3)16/h11-13,15-16H,4-10H2,1-3H3/t11-,12-,13-/m0/s1. The van der Waals surface area contributed by atoms with Gasteiger partial charge in [0.2, 0.25) is 0 Å². The molecule has 0 unspecified atom stereocenters. The first-order chi connectivity index (χ1) is 7.94. The van der Waals surface area contributed by atoms with Crippen LogP contribution in [0.4, 0.5) is 0 Å². The van der Waals surface area contributed by atoms with Crippen LogP contribution in [0.5, 0.6) is 0 Å². The molecular weight excluding hydrogens is 216 g/mol. The van der Waals surface area contributed by atoms with Crippen molar-refractivity contribution in [1.29, 1.82) is 0 Å². The normalized spacial score (nSPS) is 30.5. The van der Waals surface area contributed by atoms with Crippen LogP contribution in [0.2, 0.25) is 0 Å². The largest absolute Gasteiger partial charge is 0.396 e. The van der Waals surface area contributed by atoms with Gasteiger partial charge in [-0.15, -0.1) is 0 Å². The highest BCUT2D eigenvalue weighted by atomic mass is 16.5. The van der Waals surface area contributed by atoms with Crippen molar-refractivity contribution in [3.63, 3.8) is 0 Å². The molecule has 3 nitrogen and oxygen atoms in total. The zero-order valence-electron chi connectivity index (χ0n) is 11.5. The molecule has 17 heavy (non-hydrogen) atoms. The van der Waals surface area contributed by atoms with Crippen molar-refractivity contribution in [2.75, 3.05) is 13.2 Å². The maximum Gasteiger partial charge on any atom is 0.0613 e. The van der Waals surface area contributed by atoms with E-state index in [4.69, 9.17) is 9.84 Å². The van der Waals surface area contributed by atoms with Crippen LogP contribution in [-0.4, -0.2) is 35.1 Å². The van der Waals surface area contributed by atoms with E-state index in [-0.39, 0.29) is 6.61 Å². The summed E-state index contributed by atoms with van der Waals surface area (Å²) in [6.45, 7) is 6.77. The van der Waals surface area contributed by atoms with Crippen LogP contribution in [0.1, 0.15) is 52.9 Å². The first-order valence-electron chi connectivity index (χ1n) is 6.89. The fourth-order valence-corrected chi connectivity index (χ4v) is 2.68. The van der Waals surface area contributed by atoms with E-state index in [1.165, 1.54) is 12.8 Å². The van der Waals surface area contributed by atoms with Gasteiger partial charge in [-0.25, -0.2) is 0 Å². The molecule has 2 N–H and O–H groups in total. The molecule has 1 aliphatic carbocycles. The minimum atomic E-state index is -0.637. The van der Waals surface area contributed by atoms with E-state index in [1.54, 1.807) is 0 Å². The average Bonchev–Trinajstić information content (AvgIpc) is 2.22. The van der Waals surface area contributed by atoms with Gasteiger partial charge in [-0.05, 0) is 51.4 Å². The predicted molar refractivity (Wildman–Crippen MR) is 68.9 cm³/mol. The lowest BCUT2D eigenvalue weighted by molar-refractivity contribution is -0.0515. The van der Waals surface area contributed by atoms with Crippen molar-refractivity contribution in [3.05, 3.63) is 0 Å². The van der Waals surface area contributed by atoms with Crippen molar-refractivity contribution in [2.24, 2.45) is 11.8 Å². The zero-order chi connectivity index (χ0) is 12.9. The third-order valence-electron chi connectivity index (χ3n) is 3.94. The predicted octanol–water partition coefficient (Wildman–Crippen LogP) is 2.35. The minimum absolute atomic E-state index is 0.283. The summed E-state index contributed by atoms with van der Waals surface area (Å²) in [5.41, 5.74) is -0.637. The second-order valence-electron chi connectivity index (χ2n) is 6.03. The van der Waals surface area contributed by atoms with Crippen molar-refractivity contribution in [3.8, 4) is 0 Å². The Morgan fingerprint density at radius 3 is 2.59 bits per heavy atom. The minimum Gasteiger partial charge on any atom is -0.396 e. The van der Waals surface area contributed by atoms with E-state index in [0.29, 0.717) is 31.0 Å². The van der Waals surface area contributed by atoms with Crippen LogP contribution in [0.3, 0.4) is 0 Å². The van der Waals surface area contributed by atoms with Gasteiger partial charge in [0, 0.05) is 13.2 Å². The van der Waals surface area contributed by atoms with E-state index in [0.717, 1.165) is 12.8 Å². The Bertz CT molecular complexity index is 208. The number of aliphatic hydroxyl groups excluding tert-OH is 1.